The van der Waals surface area contributed by atoms with E-state index in [9.17, 15) is 14.0 Å². The minimum Gasteiger partial charge on any atom is -0.496 e. The van der Waals surface area contributed by atoms with Crippen LogP contribution in [0.5, 0.6) is 5.75 Å². The summed E-state index contributed by atoms with van der Waals surface area (Å²) < 4.78 is 18.9. The van der Waals surface area contributed by atoms with Crippen LogP contribution in [0.4, 0.5) is 4.39 Å². The number of methoxy groups -OCH3 is 1. The number of carbonyl (C=O) groups excluding carboxylic acids is 2. The third kappa shape index (κ3) is 4.45. The Morgan fingerprint density at radius 3 is 2.59 bits per heavy atom. The van der Waals surface area contributed by atoms with Gasteiger partial charge in [0.15, 0.2) is 0 Å². The van der Waals surface area contributed by atoms with Gasteiger partial charge in [0, 0.05) is 37.2 Å². The summed E-state index contributed by atoms with van der Waals surface area (Å²) in [4.78, 5) is 25.8. The van der Waals surface area contributed by atoms with Crippen molar-refractivity contribution in [3.05, 3.63) is 53.8 Å². The van der Waals surface area contributed by atoms with Gasteiger partial charge in [-0.05, 0) is 48.7 Å². The first-order chi connectivity index (χ1) is 13.0. The van der Waals surface area contributed by atoms with Crippen molar-refractivity contribution in [3.8, 4) is 16.9 Å². The summed E-state index contributed by atoms with van der Waals surface area (Å²) in [5.41, 5.74) is 1.98. The molecule has 2 aromatic carbocycles. The fraction of sp³-hybridized carbons (Fsp3) is 0.333. The van der Waals surface area contributed by atoms with E-state index in [1.54, 1.807) is 35.2 Å². The van der Waals surface area contributed by atoms with Gasteiger partial charge in [0.25, 0.3) is 5.91 Å². The van der Waals surface area contributed by atoms with Gasteiger partial charge in [-0.1, -0.05) is 12.1 Å². The number of piperidine rings is 1. The topological polar surface area (TPSA) is 58.6 Å². The largest absolute Gasteiger partial charge is 0.496 e. The predicted octanol–water partition coefficient (Wildman–Crippen LogP) is 3.24. The Balaban J connectivity index is 1.76. The first-order valence-corrected chi connectivity index (χ1v) is 8.98. The smallest absolute Gasteiger partial charge is 0.253 e. The number of amides is 2. The summed E-state index contributed by atoms with van der Waals surface area (Å²) in [5.74, 6) is 0.0819. The molecule has 0 saturated carbocycles. The van der Waals surface area contributed by atoms with E-state index in [2.05, 4.69) is 5.32 Å². The van der Waals surface area contributed by atoms with Crippen LogP contribution in [0, 0.1) is 5.82 Å². The second-order valence-corrected chi connectivity index (χ2v) is 6.71. The van der Waals surface area contributed by atoms with Crippen LogP contribution in [0.2, 0.25) is 0 Å². The van der Waals surface area contributed by atoms with Crippen molar-refractivity contribution in [2.75, 3.05) is 20.2 Å². The van der Waals surface area contributed by atoms with Crippen molar-refractivity contribution in [2.45, 2.75) is 25.8 Å². The van der Waals surface area contributed by atoms with Gasteiger partial charge in [0.05, 0.1) is 7.11 Å². The maximum absolute atomic E-state index is 13.6. The molecule has 0 radical (unpaired) electrons. The molecule has 2 aromatic rings. The maximum atomic E-state index is 13.6. The maximum Gasteiger partial charge on any atom is 0.253 e. The molecular weight excluding hydrogens is 347 g/mol. The van der Waals surface area contributed by atoms with Gasteiger partial charge in [-0.3, -0.25) is 9.59 Å². The summed E-state index contributed by atoms with van der Waals surface area (Å²) in [6.45, 7) is 2.67. The van der Waals surface area contributed by atoms with E-state index in [1.165, 1.54) is 26.2 Å². The van der Waals surface area contributed by atoms with Gasteiger partial charge in [-0.15, -0.1) is 0 Å². The molecule has 5 nitrogen and oxygen atoms in total. The van der Waals surface area contributed by atoms with Crippen molar-refractivity contribution in [3.63, 3.8) is 0 Å². The molecule has 0 aliphatic carbocycles. The number of likely N-dealkylation sites (tertiary alicyclic amines) is 1. The number of carbonyl (C=O) groups is 2. The monoisotopic (exact) mass is 370 g/mol. The summed E-state index contributed by atoms with van der Waals surface area (Å²) in [6.07, 6.45) is 1.73. The average Bonchev–Trinajstić information content (AvgIpc) is 2.67. The molecule has 1 fully saturated rings. The van der Waals surface area contributed by atoms with Crippen LogP contribution in [0.3, 0.4) is 0 Å². The van der Waals surface area contributed by atoms with E-state index in [0.717, 1.165) is 18.4 Å². The molecule has 2 amide bonds. The molecule has 1 atom stereocenters. The third-order valence-corrected chi connectivity index (χ3v) is 4.72. The SMILES string of the molecule is COc1ccc(F)cc1-c1ccc(C(=O)N2CCC[C@H](NC(C)=O)C2)cc1. The summed E-state index contributed by atoms with van der Waals surface area (Å²) in [6, 6.07) is 11.4. The van der Waals surface area contributed by atoms with Gasteiger partial charge in [-0.2, -0.15) is 0 Å². The highest BCUT2D eigenvalue weighted by Crippen LogP contribution is 2.31. The molecule has 0 unspecified atom stereocenters. The van der Waals surface area contributed by atoms with E-state index in [-0.39, 0.29) is 23.7 Å². The number of halogens is 1. The number of rotatable bonds is 4. The highest BCUT2D eigenvalue weighted by Gasteiger charge is 2.25. The first-order valence-electron chi connectivity index (χ1n) is 8.98. The molecule has 1 saturated heterocycles. The van der Waals surface area contributed by atoms with Crippen molar-refractivity contribution in [2.24, 2.45) is 0 Å². The standard InChI is InChI=1S/C21H23FN2O3/c1-14(25)23-18-4-3-11-24(13-18)21(26)16-7-5-15(6-8-16)19-12-17(22)9-10-20(19)27-2/h5-10,12,18H,3-4,11,13H2,1-2H3,(H,23,25)/t18-/m0/s1. The zero-order chi connectivity index (χ0) is 19.4. The van der Waals surface area contributed by atoms with E-state index in [1.807, 2.05) is 0 Å². The molecule has 1 N–H and O–H groups in total. The quantitative estimate of drug-likeness (QED) is 0.899. The molecule has 6 heteroatoms. The molecule has 142 valence electrons. The second kappa shape index (κ2) is 8.20. The zero-order valence-electron chi connectivity index (χ0n) is 15.5. The molecular formula is C21H23FN2O3. The number of hydrogen-bond donors (Lipinski definition) is 1. The lowest BCUT2D eigenvalue weighted by atomic mass is 10.0. The lowest BCUT2D eigenvalue weighted by Gasteiger charge is -2.33. The number of benzene rings is 2. The number of hydrogen-bond acceptors (Lipinski definition) is 3. The van der Waals surface area contributed by atoms with Crippen molar-refractivity contribution < 1.29 is 18.7 Å². The molecule has 27 heavy (non-hydrogen) atoms. The molecule has 1 aliphatic heterocycles. The normalized spacial score (nSPS) is 16.7. The molecule has 0 bridgehead atoms. The number of nitrogens with one attached hydrogen (secondary N) is 1. The molecule has 3 rings (SSSR count). The van der Waals surface area contributed by atoms with Gasteiger partial charge in [-0.25, -0.2) is 4.39 Å². The summed E-state index contributed by atoms with van der Waals surface area (Å²) >= 11 is 0. The van der Waals surface area contributed by atoms with E-state index in [4.69, 9.17) is 4.74 Å². The minimum atomic E-state index is -0.344. The fourth-order valence-electron chi connectivity index (χ4n) is 3.45. The van der Waals surface area contributed by atoms with Gasteiger partial charge in [0.1, 0.15) is 11.6 Å². The van der Waals surface area contributed by atoms with Crippen molar-refractivity contribution >= 4 is 11.8 Å². The highest BCUT2D eigenvalue weighted by molar-refractivity contribution is 5.95. The number of nitrogens with zero attached hydrogens (tertiary/aromatic N) is 1. The van der Waals surface area contributed by atoms with E-state index in [0.29, 0.717) is 30.0 Å². The Kier molecular flexibility index (Phi) is 5.74. The predicted molar refractivity (Wildman–Crippen MR) is 101 cm³/mol. The molecule has 1 heterocycles. The van der Waals surface area contributed by atoms with Crippen LogP contribution in [0.25, 0.3) is 11.1 Å². The zero-order valence-corrected chi connectivity index (χ0v) is 15.5. The van der Waals surface area contributed by atoms with Crippen LogP contribution in [0.15, 0.2) is 42.5 Å². The lowest BCUT2D eigenvalue weighted by Crippen LogP contribution is -2.49. The van der Waals surface area contributed by atoms with E-state index < -0.39 is 0 Å². The minimum absolute atomic E-state index is 0.00368. The van der Waals surface area contributed by atoms with Crippen LogP contribution in [0.1, 0.15) is 30.1 Å². The summed E-state index contributed by atoms with van der Waals surface area (Å²) in [7, 11) is 1.54. The van der Waals surface area contributed by atoms with Gasteiger partial charge in [0.2, 0.25) is 5.91 Å². The Bertz CT molecular complexity index is 836. The Morgan fingerprint density at radius 1 is 1.19 bits per heavy atom. The highest BCUT2D eigenvalue weighted by atomic mass is 19.1. The van der Waals surface area contributed by atoms with Crippen molar-refractivity contribution in [1.29, 1.82) is 0 Å². The van der Waals surface area contributed by atoms with Gasteiger partial charge < -0.3 is 15.0 Å². The lowest BCUT2D eigenvalue weighted by molar-refractivity contribution is -0.120. The number of ether oxygens (including phenoxy) is 1. The van der Waals surface area contributed by atoms with Crippen molar-refractivity contribution in [1.82, 2.24) is 10.2 Å². The van der Waals surface area contributed by atoms with Crippen LogP contribution < -0.4 is 10.1 Å². The van der Waals surface area contributed by atoms with E-state index >= 15 is 0 Å². The summed E-state index contributed by atoms with van der Waals surface area (Å²) in [5, 5.41) is 2.88. The average molecular weight is 370 g/mol. The van der Waals surface area contributed by atoms with Gasteiger partial charge >= 0.3 is 0 Å². The first kappa shape index (κ1) is 18.9. The molecule has 1 aliphatic rings. The third-order valence-electron chi connectivity index (χ3n) is 4.72. The molecule has 0 aromatic heterocycles. The molecule has 0 spiro atoms. The Morgan fingerprint density at radius 2 is 1.93 bits per heavy atom. The van der Waals surface area contributed by atoms with Crippen LogP contribution in [-0.2, 0) is 4.79 Å². The Labute approximate surface area is 158 Å². The Hall–Kier alpha value is -2.89. The van der Waals surface area contributed by atoms with Crippen LogP contribution in [-0.4, -0.2) is 43.0 Å². The van der Waals surface area contributed by atoms with Crippen LogP contribution >= 0.6 is 0 Å². The second-order valence-electron chi connectivity index (χ2n) is 6.71. The fourth-order valence-corrected chi connectivity index (χ4v) is 3.45.